The van der Waals surface area contributed by atoms with E-state index < -0.39 is 47.6 Å². The first-order valence-corrected chi connectivity index (χ1v) is 14.8. The Morgan fingerprint density at radius 3 is 2.02 bits per heavy atom. The molecule has 0 N–H and O–H groups in total. The Kier molecular flexibility index (Phi) is 4.90. The number of fused-ring (bicyclic) bond motifs is 2. The van der Waals surface area contributed by atoms with E-state index in [9.17, 15) is 19.2 Å². The monoisotopic (exact) mass is 564 g/mol. The van der Waals surface area contributed by atoms with E-state index in [0.717, 1.165) is 11.1 Å². The van der Waals surface area contributed by atoms with Crippen LogP contribution in [0.1, 0.15) is 49.0 Å². The van der Waals surface area contributed by atoms with Crippen LogP contribution in [-0.2, 0) is 38.1 Å². The van der Waals surface area contributed by atoms with Gasteiger partial charge in [0.15, 0.2) is 11.6 Å². The predicted octanol–water partition coefficient (Wildman–Crippen LogP) is 4.33. The molecule has 4 aliphatic carbocycles. The topological polar surface area (TPSA) is 105 Å². The number of hydrogen-bond acceptors (Lipinski definition) is 8. The number of Topliss-reactive ketones (excluding diaryl/α,β-unsaturated/α-hetero) is 2. The largest absolute Gasteiger partial charge is 0.489 e. The molecule has 4 heterocycles. The van der Waals surface area contributed by atoms with E-state index in [-0.39, 0.29) is 61.0 Å². The van der Waals surface area contributed by atoms with Gasteiger partial charge in [0.05, 0.1) is 19.3 Å². The summed E-state index contributed by atoms with van der Waals surface area (Å²) in [5.74, 6) is -2.11. The molecular weight excluding hydrogens is 536 g/mol. The molecule has 2 aromatic rings. The number of rotatable bonds is 2. The molecule has 8 aliphatic rings. The van der Waals surface area contributed by atoms with Gasteiger partial charge >= 0.3 is 11.9 Å². The summed E-state index contributed by atoms with van der Waals surface area (Å²) in [6.07, 6.45) is 0.251. The second kappa shape index (κ2) is 8.43. The van der Waals surface area contributed by atoms with Gasteiger partial charge in [-0.05, 0) is 17.2 Å². The summed E-state index contributed by atoms with van der Waals surface area (Å²) >= 11 is 0. The summed E-state index contributed by atoms with van der Waals surface area (Å²) in [6, 6.07) is 19.3. The van der Waals surface area contributed by atoms with Crippen LogP contribution in [0.15, 0.2) is 83.8 Å². The van der Waals surface area contributed by atoms with Crippen LogP contribution in [0.5, 0.6) is 0 Å². The summed E-state index contributed by atoms with van der Waals surface area (Å²) in [7, 11) is 0. The Hall–Kier alpha value is -4.20. The third kappa shape index (κ3) is 3.02. The van der Waals surface area contributed by atoms with Crippen molar-refractivity contribution < 1.29 is 38.1 Å². The number of allylic oxidation sites excluding steroid dienone is 2. The summed E-state index contributed by atoms with van der Waals surface area (Å²) < 4.78 is 25.4. The van der Waals surface area contributed by atoms with Crippen LogP contribution in [0.2, 0.25) is 0 Å². The Morgan fingerprint density at radius 2 is 1.31 bits per heavy atom. The quantitative estimate of drug-likeness (QED) is 0.497. The van der Waals surface area contributed by atoms with Gasteiger partial charge in [0.25, 0.3) is 0 Å². The minimum Gasteiger partial charge on any atom is -0.489 e. The fourth-order valence-electron chi connectivity index (χ4n) is 9.35. The molecule has 0 aromatic heterocycles. The molecule has 2 aromatic carbocycles. The molecule has 3 saturated heterocycles. The normalized spacial score (nSPS) is 40.9. The van der Waals surface area contributed by atoms with Gasteiger partial charge in [-0.25, -0.2) is 0 Å². The second-order valence-corrected chi connectivity index (χ2v) is 12.6. The van der Waals surface area contributed by atoms with Gasteiger partial charge in [-0.15, -0.1) is 0 Å². The second-order valence-electron chi connectivity index (χ2n) is 12.6. The summed E-state index contributed by atoms with van der Waals surface area (Å²) in [5.41, 5.74) is 0.981. The number of carbonyl (C=O) groups is 4. The maximum Gasteiger partial charge on any atom is 0.306 e. The first-order valence-electron chi connectivity index (χ1n) is 14.8. The summed E-state index contributed by atoms with van der Waals surface area (Å²) in [5, 5.41) is 0. The predicted molar refractivity (Wildman–Crippen MR) is 144 cm³/mol. The number of ketones is 2. The molecular formula is C34H28O8. The van der Waals surface area contributed by atoms with Crippen LogP contribution in [0.4, 0.5) is 0 Å². The molecule has 8 heteroatoms. The molecule has 1 saturated carbocycles. The molecule has 0 unspecified atom stereocenters. The molecule has 212 valence electrons. The zero-order valence-corrected chi connectivity index (χ0v) is 22.6. The first kappa shape index (κ1) is 24.4. The van der Waals surface area contributed by atoms with Crippen LogP contribution in [0.3, 0.4) is 0 Å². The molecule has 2 bridgehead atoms. The van der Waals surface area contributed by atoms with Crippen molar-refractivity contribution in [2.24, 2.45) is 35.0 Å². The molecule has 42 heavy (non-hydrogen) atoms. The van der Waals surface area contributed by atoms with Gasteiger partial charge < -0.3 is 18.9 Å². The first-order chi connectivity index (χ1) is 20.4. The minimum absolute atomic E-state index is 0.0530. The molecule has 1 spiro atoms. The van der Waals surface area contributed by atoms with Crippen molar-refractivity contribution in [3.63, 3.8) is 0 Å². The molecule has 8 nitrogen and oxygen atoms in total. The van der Waals surface area contributed by atoms with Crippen LogP contribution >= 0.6 is 0 Å². The van der Waals surface area contributed by atoms with Gasteiger partial charge in [0, 0.05) is 41.6 Å². The molecule has 10 atom stereocenters. The highest BCUT2D eigenvalue weighted by Gasteiger charge is 2.77. The number of benzene rings is 2. The Bertz CT molecular complexity index is 1630. The summed E-state index contributed by atoms with van der Waals surface area (Å²) in [4.78, 5) is 54.4. The summed E-state index contributed by atoms with van der Waals surface area (Å²) in [6.45, 7) is 0. The lowest BCUT2D eigenvalue weighted by Gasteiger charge is -2.63. The van der Waals surface area contributed by atoms with Gasteiger partial charge in [0.1, 0.15) is 41.3 Å². The van der Waals surface area contributed by atoms with Gasteiger partial charge in [-0.3, -0.25) is 19.2 Å². The Labute approximate surface area is 241 Å². The lowest BCUT2D eigenvalue weighted by Crippen LogP contribution is -2.68. The number of carbonyl (C=O) groups excluding carboxylic acids is 4. The lowest BCUT2D eigenvalue weighted by molar-refractivity contribution is -0.198. The van der Waals surface area contributed by atoms with Crippen molar-refractivity contribution in [3.05, 3.63) is 95.0 Å². The zero-order chi connectivity index (χ0) is 28.3. The Morgan fingerprint density at radius 1 is 0.667 bits per heavy atom. The van der Waals surface area contributed by atoms with E-state index in [2.05, 4.69) is 0 Å². The SMILES string of the molecule is O=C1C[C@@H]2C3=C(O[C@@H](c4ccccc4)CC3=O)[C@H]3[C@H]([C@@H]4C=C5O[C@@H](c6ccccc6)CC(=O)[C@@]53[C@H]3CC(=O)O[C@@H]43)[C@@H]2O1. The highest BCUT2D eigenvalue weighted by molar-refractivity contribution is 6.00. The Balaban J connectivity index is 1.25. The molecule has 4 aliphatic heterocycles. The highest BCUT2D eigenvalue weighted by Crippen LogP contribution is 2.71. The highest BCUT2D eigenvalue weighted by atomic mass is 16.6. The van der Waals surface area contributed by atoms with E-state index in [0.29, 0.717) is 17.1 Å². The lowest BCUT2D eigenvalue weighted by atomic mass is 9.41. The van der Waals surface area contributed by atoms with Crippen molar-refractivity contribution in [1.82, 2.24) is 0 Å². The van der Waals surface area contributed by atoms with Gasteiger partial charge in [0.2, 0.25) is 0 Å². The van der Waals surface area contributed by atoms with Crippen LogP contribution in [-0.4, -0.2) is 35.7 Å². The van der Waals surface area contributed by atoms with Crippen LogP contribution in [0, 0.1) is 35.0 Å². The average Bonchev–Trinajstić information content (AvgIpc) is 3.60. The molecule has 0 radical (unpaired) electrons. The fraction of sp³-hybridized carbons (Fsp3) is 0.412. The van der Waals surface area contributed by atoms with Gasteiger partial charge in [-0.1, -0.05) is 60.7 Å². The number of ether oxygens (including phenoxy) is 4. The fourth-order valence-corrected chi connectivity index (χ4v) is 9.35. The molecule has 4 fully saturated rings. The van der Waals surface area contributed by atoms with E-state index in [4.69, 9.17) is 18.9 Å². The van der Waals surface area contributed by atoms with Crippen molar-refractivity contribution in [2.45, 2.75) is 50.1 Å². The number of hydrogen-bond donors (Lipinski definition) is 0. The van der Waals surface area contributed by atoms with Crippen molar-refractivity contribution >= 4 is 23.5 Å². The molecule has 10 rings (SSSR count). The smallest absolute Gasteiger partial charge is 0.306 e. The molecule has 0 amide bonds. The van der Waals surface area contributed by atoms with E-state index in [1.54, 1.807) is 0 Å². The number of esters is 2. The standard InChI is InChI=1S/C34H28O8/c35-21-14-22(16-7-3-1-4-8-16)40-33-28(21)19-12-26(37)42-32(19)29-18-11-25-34(30(29)33,20-13-27(38)41-31(18)20)24(36)15-23(39-25)17-9-5-2-6-10-17/h1-11,18-20,22-23,29-32H,12-15H2/t18-,19+,20-,22+,23+,29-,30+,31-,32+,34-/m0/s1. The third-order valence-electron chi connectivity index (χ3n) is 10.8. The zero-order valence-electron chi connectivity index (χ0n) is 22.6. The van der Waals surface area contributed by atoms with E-state index >= 15 is 0 Å². The van der Waals surface area contributed by atoms with Crippen LogP contribution < -0.4 is 0 Å². The minimum atomic E-state index is -1.26. The van der Waals surface area contributed by atoms with Crippen molar-refractivity contribution in [2.75, 3.05) is 0 Å². The average molecular weight is 565 g/mol. The van der Waals surface area contributed by atoms with E-state index in [1.807, 2.05) is 66.7 Å². The van der Waals surface area contributed by atoms with Crippen LogP contribution in [0.25, 0.3) is 0 Å². The maximum absolute atomic E-state index is 14.8. The van der Waals surface area contributed by atoms with Crippen molar-refractivity contribution in [3.8, 4) is 0 Å². The van der Waals surface area contributed by atoms with Gasteiger partial charge in [-0.2, -0.15) is 0 Å². The van der Waals surface area contributed by atoms with Crippen molar-refractivity contribution in [1.29, 1.82) is 0 Å². The maximum atomic E-state index is 14.8. The third-order valence-corrected chi connectivity index (χ3v) is 10.8. The van der Waals surface area contributed by atoms with E-state index in [1.165, 1.54) is 0 Å².